The van der Waals surface area contributed by atoms with E-state index in [0.717, 1.165) is 12.2 Å². The van der Waals surface area contributed by atoms with Crippen molar-refractivity contribution in [2.24, 2.45) is 5.92 Å². The summed E-state index contributed by atoms with van der Waals surface area (Å²) in [4.78, 5) is 4.38. The molecule has 1 aromatic carbocycles. The number of rotatable bonds is 2. The Kier molecular flexibility index (Phi) is 2.33. The fraction of sp³-hybridized carbons (Fsp3) is 0.333. The maximum absolute atomic E-state index is 6.08. The van der Waals surface area contributed by atoms with Gasteiger partial charge in [-0.25, -0.2) is 0 Å². The minimum absolute atomic E-state index is 0.437. The van der Waals surface area contributed by atoms with Crippen LogP contribution in [0.1, 0.15) is 25.1 Å². The van der Waals surface area contributed by atoms with Gasteiger partial charge in [-0.2, -0.15) is 4.98 Å². The van der Waals surface area contributed by atoms with Gasteiger partial charge in [-0.1, -0.05) is 23.7 Å². The van der Waals surface area contributed by atoms with Crippen LogP contribution in [0.2, 0.25) is 5.02 Å². The third-order valence-corrected chi connectivity index (χ3v) is 3.43. The summed E-state index contributed by atoms with van der Waals surface area (Å²) in [5.74, 6) is 2.30. The first-order valence-corrected chi connectivity index (χ1v) is 5.92. The molecule has 0 spiro atoms. The van der Waals surface area contributed by atoms with Gasteiger partial charge in [-0.15, -0.1) is 0 Å². The van der Waals surface area contributed by atoms with Crippen LogP contribution in [0.25, 0.3) is 11.5 Å². The van der Waals surface area contributed by atoms with Crippen molar-refractivity contribution >= 4 is 17.3 Å². The van der Waals surface area contributed by atoms with E-state index in [4.69, 9.17) is 21.9 Å². The lowest BCUT2D eigenvalue weighted by Crippen LogP contribution is -1.88. The standard InChI is InChI=1S/C12H12ClN3O/c1-6-4-8(6)11-15-12(17-16-11)9-5-7(14)2-3-10(9)13/h2-3,5-6,8H,4,14H2,1H3. The number of nitrogens with two attached hydrogens (primary N) is 1. The van der Waals surface area contributed by atoms with E-state index in [-0.39, 0.29) is 0 Å². The van der Waals surface area contributed by atoms with Gasteiger partial charge in [0.05, 0.1) is 10.6 Å². The summed E-state index contributed by atoms with van der Waals surface area (Å²) in [5, 5.41) is 4.56. The predicted octanol–water partition coefficient (Wildman–Crippen LogP) is 3.10. The van der Waals surface area contributed by atoms with Crippen molar-refractivity contribution in [1.29, 1.82) is 0 Å². The molecule has 2 unspecified atom stereocenters. The van der Waals surface area contributed by atoms with Crippen molar-refractivity contribution in [2.45, 2.75) is 19.3 Å². The average Bonchev–Trinajstić information content (AvgIpc) is 2.85. The van der Waals surface area contributed by atoms with E-state index in [9.17, 15) is 0 Å². The van der Waals surface area contributed by atoms with Gasteiger partial charge in [0, 0.05) is 11.6 Å². The van der Waals surface area contributed by atoms with Crippen LogP contribution in [0.5, 0.6) is 0 Å². The minimum Gasteiger partial charge on any atom is -0.399 e. The lowest BCUT2D eigenvalue weighted by molar-refractivity contribution is 0.422. The normalized spacial score (nSPS) is 22.7. The van der Waals surface area contributed by atoms with Crippen LogP contribution < -0.4 is 5.73 Å². The molecule has 1 aliphatic rings. The number of nitrogen functional groups attached to an aromatic ring is 1. The quantitative estimate of drug-likeness (QED) is 0.831. The summed E-state index contributed by atoms with van der Waals surface area (Å²) in [6.45, 7) is 2.17. The summed E-state index contributed by atoms with van der Waals surface area (Å²) < 4.78 is 5.24. The number of aromatic nitrogens is 2. The van der Waals surface area contributed by atoms with Crippen LogP contribution in [-0.4, -0.2) is 10.1 Å². The van der Waals surface area contributed by atoms with Crippen molar-refractivity contribution in [2.75, 3.05) is 5.73 Å². The van der Waals surface area contributed by atoms with Crippen LogP contribution >= 0.6 is 11.6 Å². The van der Waals surface area contributed by atoms with Gasteiger partial charge in [-0.3, -0.25) is 0 Å². The molecule has 0 saturated heterocycles. The first-order valence-electron chi connectivity index (χ1n) is 5.54. The highest BCUT2D eigenvalue weighted by Gasteiger charge is 2.38. The summed E-state index contributed by atoms with van der Waals surface area (Å²) in [7, 11) is 0. The second-order valence-electron chi connectivity index (χ2n) is 4.52. The van der Waals surface area contributed by atoms with E-state index in [1.165, 1.54) is 0 Å². The third kappa shape index (κ3) is 1.89. The first kappa shape index (κ1) is 10.6. The number of hydrogen-bond donors (Lipinski definition) is 1. The van der Waals surface area contributed by atoms with Gasteiger partial charge < -0.3 is 10.3 Å². The van der Waals surface area contributed by atoms with Crippen molar-refractivity contribution in [3.05, 3.63) is 29.0 Å². The number of nitrogens with zero attached hydrogens (tertiary/aromatic N) is 2. The van der Waals surface area contributed by atoms with E-state index in [1.807, 2.05) is 0 Å². The fourth-order valence-electron chi connectivity index (χ4n) is 1.88. The molecule has 2 N–H and O–H groups in total. The highest BCUT2D eigenvalue weighted by molar-refractivity contribution is 6.33. The second kappa shape index (κ2) is 3.74. The summed E-state index contributed by atoms with van der Waals surface area (Å²) in [5.41, 5.74) is 7.04. The molecule has 0 amide bonds. The second-order valence-corrected chi connectivity index (χ2v) is 4.92. The Hall–Kier alpha value is -1.55. The van der Waals surface area contributed by atoms with E-state index in [2.05, 4.69) is 17.1 Å². The van der Waals surface area contributed by atoms with Crippen molar-refractivity contribution in [1.82, 2.24) is 10.1 Å². The highest BCUT2D eigenvalue weighted by atomic mass is 35.5. The Balaban J connectivity index is 1.98. The molecule has 1 fully saturated rings. The molecular formula is C12H12ClN3O. The molecule has 5 heteroatoms. The topological polar surface area (TPSA) is 64.9 Å². The van der Waals surface area contributed by atoms with Crippen LogP contribution in [0.3, 0.4) is 0 Å². The molecule has 0 aliphatic heterocycles. The molecule has 2 atom stereocenters. The maximum atomic E-state index is 6.08. The summed E-state index contributed by atoms with van der Waals surface area (Å²) >= 11 is 6.08. The zero-order chi connectivity index (χ0) is 12.0. The Morgan fingerprint density at radius 3 is 2.94 bits per heavy atom. The largest absolute Gasteiger partial charge is 0.399 e. The molecule has 0 bridgehead atoms. The van der Waals surface area contributed by atoms with Gasteiger partial charge in [0.2, 0.25) is 0 Å². The Bertz CT molecular complexity index is 567. The lowest BCUT2D eigenvalue weighted by Gasteiger charge is -1.99. The number of anilines is 1. The van der Waals surface area contributed by atoms with Gasteiger partial charge in [0.25, 0.3) is 5.89 Å². The predicted molar refractivity (Wildman–Crippen MR) is 65.7 cm³/mol. The molecule has 17 heavy (non-hydrogen) atoms. The van der Waals surface area contributed by atoms with Crippen LogP contribution in [0.4, 0.5) is 5.69 Å². The van der Waals surface area contributed by atoms with Gasteiger partial charge in [-0.05, 0) is 30.5 Å². The number of hydrogen-bond acceptors (Lipinski definition) is 4. The van der Waals surface area contributed by atoms with Crippen molar-refractivity contribution in [3.63, 3.8) is 0 Å². The molecular weight excluding hydrogens is 238 g/mol. The molecule has 2 aromatic rings. The molecule has 1 heterocycles. The molecule has 1 aromatic heterocycles. The fourth-order valence-corrected chi connectivity index (χ4v) is 2.08. The number of benzene rings is 1. The Labute approximate surface area is 104 Å². The maximum Gasteiger partial charge on any atom is 0.259 e. The zero-order valence-corrected chi connectivity index (χ0v) is 10.1. The first-order chi connectivity index (χ1) is 8.15. The molecule has 3 rings (SSSR count). The SMILES string of the molecule is CC1CC1c1noc(-c2cc(N)ccc2Cl)n1. The van der Waals surface area contributed by atoms with Crippen molar-refractivity contribution < 1.29 is 4.52 Å². The minimum atomic E-state index is 0.437. The monoisotopic (exact) mass is 249 g/mol. The molecule has 1 saturated carbocycles. The van der Waals surface area contributed by atoms with Gasteiger partial charge in [0.1, 0.15) is 0 Å². The van der Waals surface area contributed by atoms with Gasteiger partial charge in [0.15, 0.2) is 5.82 Å². The number of halogens is 1. The zero-order valence-electron chi connectivity index (χ0n) is 9.35. The molecule has 0 radical (unpaired) electrons. The Morgan fingerprint density at radius 2 is 2.24 bits per heavy atom. The van der Waals surface area contributed by atoms with E-state index in [1.54, 1.807) is 18.2 Å². The Morgan fingerprint density at radius 1 is 1.47 bits per heavy atom. The smallest absolute Gasteiger partial charge is 0.259 e. The summed E-state index contributed by atoms with van der Waals surface area (Å²) in [6.07, 6.45) is 1.13. The molecule has 4 nitrogen and oxygen atoms in total. The van der Waals surface area contributed by atoms with E-state index < -0.39 is 0 Å². The van der Waals surface area contributed by atoms with Gasteiger partial charge >= 0.3 is 0 Å². The molecule has 88 valence electrons. The average molecular weight is 250 g/mol. The van der Waals surface area contributed by atoms with Crippen molar-refractivity contribution in [3.8, 4) is 11.5 Å². The van der Waals surface area contributed by atoms with Crippen LogP contribution in [0.15, 0.2) is 22.7 Å². The molecule has 1 aliphatic carbocycles. The van der Waals surface area contributed by atoms with Crippen LogP contribution in [-0.2, 0) is 0 Å². The highest BCUT2D eigenvalue weighted by Crippen LogP contribution is 2.46. The third-order valence-electron chi connectivity index (χ3n) is 3.10. The summed E-state index contributed by atoms with van der Waals surface area (Å²) in [6, 6.07) is 5.22. The van der Waals surface area contributed by atoms with E-state index in [0.29, 0.717) is 34.0 Å². The lowest BCUT2D eigenvalue weighted by atomic mass is 10.2. The van der Waals surface area contributed by atoms with E-state index >= 15 is 0 Å². The van der Waals surface area contributed by atoms with Crippen LogP contribution in [0, 0.1) is 5.92 Å².